The van der Waals surface area contributed by atoms with Crippen LogP contribution in [-0.4, -0.2) is 49.6 Å². The van der Waals surface area contributed by atoms with Crippen molar-refractivity contribution in [3.63, 3.8) is 0 Å². The highest BCUT2D eigenvalue weighted by molar-refractivity contribution is 5.88. The van der Waals surface area contributed by atoms with E-state index in [2.05, 4.69) is 25.4 Å². The molecule has 3 aromatic heterocycles. The zero-order valence-corrected chi connectivity index (χ0v) is 16.1. The van der Waals surface area contributed by atoms with E-state index >= 15 is 0 Å². The highest BCUT2D eigenvalue weighted by atomic mass is 16.5. The van der Waals surface area contributed by atoms with Crippen LogP contribution in [0.25, 0.3) is 16.7 Å². The Morgan fingerprint density at radius 2 is 2.03 bits per heavy atom. The topological polar surface area (TPSA) is 114 Å². The minimum atomic E-state index is -0.765. The molecule has 0 atom stereocenters. The number of esters is 1. The summed E-state index contributed by atoms with van der Waals surface area (Å²) in [7, 11) is 0. The Labute approximate surface area is 166 Å². The van der Waals surface area contributed by atoms with Crippen LogP contribution < -0.4 is 5.32 Å². The van der Waals surface area contributed by atoms with Crippen molar-refractivity contribution < 1.29 is 14.3 Å². The van der Waals surface area contributed by atoms with Gasteiger partial charge in [-0.15, -0.1) is 5.10 Å². The molecule has 0 radical (unpaired) electrons. The summed E-state index contributed by atoms with van der Waals surface area (Å²) in [5.41, 5.74) is 3.75. The summed E-state index contributed by atoms with van der Waals surface area (Å²) in [5, 5.41) is 7.97. The number of benzene rings is 1. The molecule has 1 aromatic carbocycles. The molecule has 0 spiro atoms. The van der Waals surface area contributed by atoms with Gasteiger partial charge in [-0.3, -0.25) is 4.79 Å². The number of hydrogen-bond donors (Lipinski definition) is 2. The minimum absolute atomic E-state index is 0.127. The molecule has 148 valence electrons. The third kappa shape index (κ3) is 3.93. The number of nitrogens with zero attached hydrogens (tertiary/aromatic N) is 4. The normalized spacial score (nSPS) is 11.1. The fraction of sp³-hybridized carbons (Fsp3) is 0.250. The van der Waals surface area contributed by atoms with Crippen LogP contribution in [0, 0.1) is 13.8 Å². The van der Waals surface area contributed by atoms with E-state index in [4.69, 9.17) is 4.74 Å². The van der Waals surface area contributed by atoms with Crippen LogP contribution in [0.4, 0.5) is 0 Å². The average Bonchev–Trinajstić information content (AvgIpc) is 3.31. The third-order valence-corrected chi connectivity index (χ3v) is 4.53. The molecule has 1 amide bonds. The number of aryl methyl sites for hydroxylation is 2. The Morgan fingerprint density at radius 1 is 1.21 bits per heavy atom. The van der Waals surface area contributed by atoms with Crippen molar-refractivity contribution in [3.8, 4) is 0 Å². The summed E-state index contributed by atoms with van der Waals surface area (Å²) in [5.74, 6) is -0.957. The van der Waals surface area contributed by atoms with Gasteiger partial charge in [0.25, 0.3) is 17.5 Å². The first-order valence-electron chi connectivity index (χ1n) is 9.21. The average molecular weight is 392 g/mol. The SMILES string of the molecule is Cc1cc(C)n2nc(C(=O)OCC(=O)NCCc3c[nH]c4ccccc34)nc2n1. The number of hydrogen-bond acceptors (Lipinski definition) is 6. The summed E-state index contributed by atoms with van der Waals surface area (Å²) < 4.78 is 6.49. The number of H-pyrrole nitrogens is 1. The molecule has 29 heavy (non-hydrogen) atoms. The molecule has 0 saturated carbocycles. The van der Waals surface area contributed by atoms with Crippen LogP contribution in [0.3, 0.4) is 0 Å². The molecule has 0 aliphatic heterocycles. The number of para-hydroxylation sites is 1. The largest absolute Gasteiger partial charge is 0.450 e. The van der Waals surface area contributed by atoms with Crippen LogP contribution in [0.5, 0.6) is 0 Å². The Morgan fingerprint density at radius 3 is 2.90 bits per heavy atom. The standard InChI is InChI=1S/C20H20N6O3/c1-12-9-13(2)26-20(23-12)24-18(25-26)19(28)29-11-17(27)21-8-7-14-10-22-16-6-4-3-5-15(14)16/h3-6,9-10,22H,7-8,11H2,1-2H3,(H,21,27). The van der Waals surface area contributed by atoms with Gasteiger partial charge < -0.3 is 15.0 Å². The van der Waals surface area contributed by atoms with Gasteiger partial charge in [0, 0.05) is 35.0 Å². The van der Waals surface area contributed by atoms with Gasteiger partial charge >= 0.3 is 5.97 Å². The molecule has 0 unspecified atom stereocenters. The van der Waals surface area contributed by atoms with Gasteiger partial charge in [0.2, 0.25) is 0 Å². The molecule has 0 fully saturated rings. The number of nitrogens with one attached hydrogen (secondary N) is 2. The van der Waals surface area contributed by atoms with Gasteiger partial charge in [0.15, 0.2) is 6.61 Å². The van der Waals surface area contributed by atoms with E-state index in [0.29, 0.717) is 18.7 Å². The van der Waals surface area contributed by atoms with Gasteiger partial charge in [0.1, 0.15) is 0 Å². The molecule has 3 heterocycles. The molecule has 0 aliphatic rings. The predicted molar refractivity (Wildman–Crippen MR) is 106 cm³/mol. The summed E-state index contributed by atoms with van der Waals surface area (Å²) >= 11 is 0. The van der Waals surface area contributed by atoms with E-state index in [0.717, 1.165) is 27.9 Å². The number of amides is 1. The quantitative estimate of drug-likeness (QED) is 0.483. The number of rotatable bonds is 6. The van der Waals surface area contributed by atoms with E-state index in [1.165, 1.54) is 4.52 Å². The van der Waals surface area contributed by atoms with Crippen LogP contribution in [0.15, 0.2) is 36.5 Å². The highest BCUT2D eigenvalue weighted by Gasteiger charge is 2.17. The number of aromatic nitrogens is 5. The third-order valence-electron chi connectivity index (χ3n) is 4.53. The first kappa shape index (κ1) is 18.6. The van der Waals surface area contributed by atoms with Crippen molar-refractivity contribution in [2.75, 3.05) is 13.2 Å². The maximum Gasteiger partial charge on any atom is 0.378 e. The van der Waals surface area contributed by atoms with E-state index < -0.39 is 12.6 Å². The van der Waals surface area contributed by atoms with E-state index in [1.807, 2.05) is 50.4 Å². The van der Waals surface area contributed by atoms with Crippen LogP contribution in [0.2, 0.25) is 0 Å². The Hall–Kier alpha value is -3.75. The Kier molecular flexibility index (Phi) is 4.94. The zero-order valence-electron chi connectivity index (χ0n) is 16.1. The van der Waals surface area contributed by atoms with Crippen molar-refractivity contribution >= 4 is 28.6 Å². The zero-order chi connectivity index (χ0) is 20.4. The van der Waals surface area contributed by atoms with Gasteiger partial charge in [-0.25, -0.2) is 14.3 Å². The van der Waals surface area contributed by atoms with Crippen molar-refractivity contribution in [1.29, 1.82) is 0 Å². The number of carbonyl (C=O) groups is 2. The fourth-order valence-corrected chi connectivity index (χ4v) is 3.17. The Bertz CT molecular complexity index is 1210. The second kappa shape index (κ2) is 7.70. The van der Waals surface area contributed by atoms with Gasteiger partial charge in [-0.05, 0) is 38.0 Å². The number of ether oxygens (including phenoxy) is 1. The van der Waals surface area contributed by atoms with Crippen LogP contribution >= 0.6 is 0 Å². The molecular weight excluding hydrogens is 372 g/mol. The molecule has 9 heteroatoms. The Balaban J connectivity index is 1.29. The molecule has 0 bridgehead atoms. The highest BCUT2D eigenvalue weighted by Crippen LogP contribution is 2.17. The van der Waals surface area contributed by atoms with Crippen LogP contribution in [-0.2, 0) is 16.0 Å². The van der Waals surface area contributed by atoms with Crippen molar-refractivity contribution in [2.24, 2.45) is 0 Å². The molecule has 2 N–H and O–H groups in total. The lowest BCUT2D eigenvalue weighted by Crippen LogP contribution is -2.30. The lowest BCUT2D eigenvalue weighted by molar-refractivity contribution is -0.124. The van der Waals surface area contributed by atoms with E-state index in [-0.39, 0.29) is 11.7 Å². The summed E-state index contributed by atoms with van der Waals surface area (Å²) in [6.45, 7) is 3.72. The predicted octanol–water partition coefficient (Wildman–Crippen LogP) is 1.74. The van der Waals surface area contributed by atoms with Gasteiger partial charge in [0.05, 0.1) is 0 Å². The molecule has 4 aromatic rings. The molecular formula is C20H20N6O3. The summed E-state index contributed by atoms with van der Waals surface area (Å²) in [6, 6.07) is 9.81. The molecule has 0 aliphatic carbocycles. The molecule has 4 rings (SSSR count). The number of carbonyl (C=O) groups excluding carboxylic acids is 2. The first-order valence-corrected chi connectivity index (χ1v) is 9.21. The van der Waals surface area contributed by atoms with Crippen molar-refractivity contribution in [2.45, 2.75) is 20.3 Å². The molecule has 0 saturated heterocycles. The minimum Gasteiger partial charge on any atom is -0.450 e. The van der Waals surface area contributed by atoms with Gasteiger partial charge in [-0.1, -0.05) is 18.2 Å². The maximum atomic E-state index is 12.1. The second-order valence-electron chi connectivity index (χ2n) is 6.72. The lowest BCUT2D eigenvalue weighted by Gasteiger charge is -2.05. The maximum absolute atomic E-state index is 12.1. The number of aromatic amines is 1. The smallest absolute Gasteiger partial charge is 0.378 e. The summed E-state index contributed by atoms with van der Waals surface area (Å²) in [4.78, 5) is 35.6. The number of fused-ring (bicyclic) bond motifs is 2. The van der Waals surface area contributed by atoms with Crippen LogP contribution in [0.1, 0.15) is 27.6 Å². The second-order valence-corrected chi connectivity index (χ2v) is 6.72. The van der Waals surface area contributed by atoms with E-state index in [1.54, 1.807) is 0 Å². The summed E-state index contributed by atoms with van der Waals surface area (Å²) in [6.07, 6.45) is 2.60. The molecule has 9 nitrogen and oxygen atoms in total. The van der Waals surface area contributed by atoms with Gasteiger partial charge in [-0.2, -0.15) is 4.98 Å². The van der Waals surface area contributed by atoms with Crippen molar-refractivity contribution in [1.82, 2.24) is 29.9 Å². The first-order chi connectivity index (χ1) is 14.0. The fourth-order valence-electron chi connectivity index (χ4n) is 3.17. The van der Waals surface area contributed by atoms with E-state index in [9.17, 15) is 9.59 Å². The monoisotopic (exact) mass is 392 g/mol. The lowest BCUT2D eigenvalue weighted by atomic mass is 10.1. The van der Waals surface area contributed by atoms with Crippen molar-refractivity contribution in [3.05, 3.63) is 59.3 Å².